The third-order valence-corrected chi connectivity index (χ3v) is 4.55. The second kappa shape index (κ2) is 7.41. The summed E-state index contributed by atoms with van der Waals surface area (Å²) in [7, 11) is 0. The highest BCUT2D eigenvalue weighted by Crippen LogP contribution is 2.42. The molecule has 1 aromatic carbocycles. The Balaban J connectivity index is 2.05. The highest BCUT2D eigenvalue weighted by molar-refractivity contribution is 9.10. The molecular formula is C16H5BrClF6N3O2. The van der Waals surface area contributed by atoms with Gasteiger partial charge in [-0.1, -0.05) is 11.6 Å². The van der Waals surface area contributed by atoms with E-state index in [2.05, 4.69) is 35.6 Å². The molecule has 2 aromatic rings. The lowest BCUT2D eigenvalue weighted by Crippen LogP contribution is -2.31. The maximum atomic E-state index is 14.0. The number of benzene rings is 1. The number of carbonyl (C=O) groups is 1. The van der Waals surface area contributed by atoms with E-state index in [1.165, 1.54) is 0 Å². The van der Waals surface area contributed by atoms with Crippen LogP contribution in [0.15, 0.2) is 28.9 Å². The second-order valence-electron chi connectivity index (χ2n) is 5.50. The van der Waals surface area contributed by atoms with Crippen LogP contribution in [-0.4, -0.2) is 27.0 Å². The van der Waals surface area contributed by atoms with Gasteiger partial charge in [0.25, 0.3) is 0 Å². The Labute approximate surface area is 171 Å². The quantitative estimate of drug-likeness (QED) is 0.153. The first-order valence-corrected chi connectivity index (χ1v) is 8.51. The topological polar surface area (TPSA) is 64.4 Å². The van der Waals surface area contributed by atoms with E-state index in [-0.39, 0.29) is 17.6 Å². The van der Waals surface area contributed by atoms with Gasteiger partial charge in [0.1, 0.15) is 6.29 Å². The van der Waals surface area contributed by atoms with Gasteiger partial charge in [-0.2, -0.15) is 13.8 Å². The van der Waals surface area contributed by atoms with Gasteiger partial charge >= 0.3 is 6.01 Å². The van der Waals surface area contributed by atoms with Crippen LogP contribution in [0.2, 0.25) is 0 Å². The molecular weight excluding hydrogens is 496 g/mol. The van der Waals surface area contributed by atoms with E-state index < -0.39 is 50.4 Å². The van der Waals surface area contributed by atoms with Crippen molar-refractivity contribution >= 4 is 40.0 Å². The van der Waals surface area contributed by atoms with Crippen molar-refractivity contribution in [3.8, 4) is 11.8 Å². The lowest BCUT2D eigenvalue weighted by atomic mass is 10.0. The standard InChI is InChI=1S/C16H5BrClF6N3O2/c17-15(24)3-6(4-28)16(18,26-5-15)7-1-2-25-14(27-7)29-13-11(22)9(20)8(19)10(21)12(13)23/h1-5H. The summed E-state index contributed by atoms with van der Waals surface area (Å²) < 4.78 is 83.6. The molecule has 152 valence electrons. The Hall–Kier alpha value is -2.47. The Morgan fingerprint density at radius 3 is 2.24 bits per heavy atom. The van der Waals surface area contributed by atoms with Gasteiger partial charge in [-0.3, -0.25) is 9.79 Å². The molecule has 0 radical (unpaired) electrons. The van der Waals surface area contributed by atoms with Crippen molar-refractivity contribution in [2.24, 2.45) is 4.99 Å². The number of hydrogen-bond acceptors (Lipinski definition) is 5. The predicted octanol–water partition coefficient (Wildman–Crippen LogP) is 4.63. The van der Waals surface area contributed by atoms with Crippen molar-refractivity contribution in [3.63, 3.8) is 0 Å². The van der Waals surface area contributed by atoms with Crippen molar-refractivity contribution in [2.75, 3.05) is 0 Å². The minimum atomic E-state index is -2.37. The second-order valence-corrected chi connectivity index (χ2v) is 7.26. The number of allylic oxidation sites excluding steroid dienone is 1. The number of ether oxygens (including phenoxy) is 1. The molecule has 2 heterocycles. The summed E-state index contributed by atoms with van der Waals surface area (Å²) in [5, 5.41) is 0. The van der Waals surface area contributed by atoms with Crippen molar-refractivity contribution in [1.29, 1.82) is 0 Å². The number of halogens is 8. The van der Waals surface area contributed by atoms with E-state index in [9.17, 15) is 31.1 Å². The van der Waals surface area contributed by atoms with Crippen LogP contribution in [0.1, 0.15) is 5.69 Å². The smallest absolute Gasteiger partial charge is 0.322 e. The van der Waals surface area contributed by atoms with Crippen molar-refractivity contribution in [1.82, 2.24) is 9.97 Å². The molecule has 0 N–H and O–H groups in total. The fraction of sp³-hybridized carbons (Fsp3) is 0.125. The number of nitrogens with zero attached hydrogens (tertiary/aromatic N) is 3. The monoisotopic (exact) mass is 499 g/mol. The van der Waals surface area contributed by atoms with Crippen LogP contribution in [-0.2, 0) is 9.79 Å². The van der Waals surface area contributed by atoms with Crippen molar-refractivity contribution in [2.45, 2.75) is 9.58 Å². The molecule has 1 aliphatic heterocycles. The Morgan fingerprint density at radius 2 is 1.66 bits per heavy atom. The number of carbonyl (C=O) groups excluding carboxylic acids is 1. The highest BCUT2D eigenvalue weighted by Gasteiger charge is 2.42. The minimum absolute atomic E-state index is 0.200. The van der Waals surface area contributed by atoms with Crippen LogP contribution in [0.25, 0.3) is 0 Å². The Bertz CT molecular complexity index is 1050. The molecule has 1 aromatic heterocycles. The van der Waals surface area contributed by atoms with Crippen molar-refractivity contribution < 1.29 is 35.9 Å². The number of alkyl halides is 3. The van der Waals surface area contributed by atoms with E-state index in [1.54, 1.807) is 0 Å². The van der Waals surface area contributed by atoms with E-state index in [0.717, 1.165) is 24.6 Å². The molecule has 0 spiro atoms. The highest BCUT2D eigenvalue weighted by atomic mass is 79.9. The van der Waals surface area contributed by atoms with Crippen LogP contribution in [0, 0.1) is 29.1 Å². The van der Waals surface area contributed by atoms with Gasteiger partial charge in [0, 0.05) is 11.8 Å². The summed E-state index contributed by atoms with van der Waals surface area (Å²) >= 11 is 8.89. The lowest BCUT2D eigenvalue weighted by Gasteiger charge is -2.28. The predicted molar refractivity (Wildman–Crippen MR) is 91.3 cm³/mol. The van der Waals surface area contributed by atoms with E-state index in [4.69, 9.17) is 11.6 Å². The van der Waals surface area contributed by atoms with Gasteiger partial charge < -0.3 is 4.74 Å². The first-order chi connectivity index (χ1) is 13.5. The van der Waals surface area contributed by atoms with E-state index >= 15 is 0 Å². The number of dihydropyridines is 1. The van der Waals surface area contributed by atoms with E-state index in [1.807, 2.05) is 0 Å². The normalized spacial score (nSPS) is 23.7. The fourth-order valence-corrected chi connectivity index (χ4v) is 2.86. The summed E-state index contributed by atoms with van der Waals surface area (Å²) in [6.07, 6.45) is 2.68. The van der Waals surface area contributed by atoms with Crippen molar-refractivity contribution in [3.05, 3.63) is 58.7 Å². The maximum absolute atomic E-state index is 14.0. The average Bonchev–Trinajstić information content (AvgIpc) is 2.70. The SMILES string of the molecule is O=CC1=CC(F)(Br)C=NC1(Cl)c1ccnc(Oc2c(F)c(F)c(F)c(F)c2F)n1. The number of hydrogen-bond donors (Lipinski definition) is 0. The molecule has 1 aliphatic rings. The molecule has 5 nitrogen and oxygen atoms in total. The van der Waals surface area contributed by atoms with Gasteiger partial charge in [-0.25, -0.2) is 22.5 Å². The maximum Gasteiger partial charge on any atom is 0.322 e. The average molecular weight is 501 g/mol. The summed E-state index contributed by atoms with van der Waals surface area (Å²) in [6.45, 7) is 0. The molecule has 2 unspecified atom stereocenters. The van der Waals surface area contributed by atoms with Crippen LogP contribution >= 0.6 is 27.5 Å². The van der Waals surface area contributed by atoms with Crippen LogP contribution in [0.4, 0.5) is 26.3 Å². The van der Waals surface area contributed by atoms with Gasteiger partial charge in [0.2, 0.25) is 44.4 Å². The Morgan fingerprint density at radius 1 is 1.07 bits per heavy atom. The molecule has 0 amide bonds. The molecule has 3 rings (SSSR count). The number of rotatable bonds is 4. The number of aliphatic imine (C=N–C) groups is 1. The minimum Gasteiger partial charge on any atom is -0.418 e. The zero-order chi connectivity index (χ0) is 21.6. The Kier molecular flexibility index (Phi) is 5.43. The van der Waals surface area contributed by atoms with Gasteiger partial charge in [-0.15, -0.1) is 0 Å². The molecule has 13 heteroatoms. The molecule has 29 heavy (non-hydrogen) atoms. The zero-order valence-electron chi connectivity index (χ0n) is 13.6. The molecule has 0 saturated heterocycles. The molecule has 2 atom stereocenters. The summed E-state index contributed by atoms with van der Waals surface area (Å²) in [4.78, 5) is 20.1. The van der Waals surface area contributed by atoms with E-state index in [0.29, 0.717) is 0 Å². The van der Waals surface area contributed by atoms with Crippen LogP contribution in [0.3, 0.4) is 0 Å². The summed E-state index contributed by atoms with van der Waals surface area (Å²) in [5.74, 6) is -13.0. The van der Waals surface area contributed by atoms with Gasteiger partial charge in [0.15, 0.2) is 0 Å². The first kappa shape index (κ1) is 21.2. The molecule has 0 bridgehead atoms. The first-order valence-electron chi connectivity index (χ1n) is 7.34. The fourth-order valence-electron chi connectivity index (χ4n) is 2.26. The largest absolute Gasteiger partial charge is 0.418 e. The zero-order valence-corrected chi connectivity index (χ0v) is 15.9. The number of aromatic nitrogens is 2. The molecule has 0 aliphatic carbocycles. The molecule has 0 saturated carbocycles. The summed E-state index contributed by atoms with van der Waals surface area (Å²) in [6, 6.07) is 0.245. The number of aldehydes is 1. The van der Waals surface area contributed by atoms with Gasteiger partial charge in [0.05, 0.1) is 11.9 Å². The molecule has 0 fully saturated rings. The lowest BCUT2D eigenvalue weighted by molar-refractivity contribution is -0.105. The van der Waals surface area contributed by atoms with Crippen LogP contribution in [0.5, 0.6) is 11.8 Å². The van der Waals surface area contributed by atoms with Gasteiger partial charge in [-0.05, 0) is 28.1 Å². The van der Waals surface area contributed by atoms with Crippen LogP contribution < -0.4 is 4.74 Å². The third-order valence-electron chi connectivity index (χ3n) is 3.61. The summed E-state index contributed by atoms with van der Waals surface area (Å²) in [5.41, 5.74) is -0.687. The third kappa shape index (κ3) is 3.73.